The minimum Gasteiger partial charge on any atom is -0.448 e. The van der Waals surface area contributed by atoms with Crippen molar-refractivity contribution in [3.63, 3.8) is 0 Å². The van der Waals surface area contributed by atoms with Gasteiger partial charge in [-0.05, 0) is 0 Å². The molecule has 0 radical (unpaired) electrons. The maximum atomic E-state index is 13.0. The van der Waals surface area contributed by atoms with Crippen LogP contribution in [-0.4, -0.2) is 69.1 Å². The van der Waals surface area contributed by atoms with Gasteiger partial charge in [0, 0.05) is 51.4 Å². The van der Waals surface area contributed by atoms with E-state index in [9.17, 15) is 4.79 Å². The Hall–Kier alpha value is -2.19. The van der Waals surface area contributed by atoms with E-state index in [-0.39, 0.29) is 17.9 Å². The van der Waals surface area contributed by atoms with Crippen LogP contribution in [0.2, 0.25) is 0 Å². The number of carbonyl (C=O) groups excluding carboxylic acids is 1. The van der Waals surface area contributed by atoms with Crippen molar-refractivity contribution in [2.75, 3.05) is 32.8 Å². The van der Waals surface area contributed by atoms with E-state index in [0.29, 0.717) is 44.2 Å². The molecule has 0 spiro atoms. The highest BCUT2D eigenvalue weighted by molar-refractivity contribution is 5.93. The molecular formula is C18H25N5O3. The fraction of sp³-hybridized carbons (Fsp3) is 0.611. The van der Waals surface area contributed by atoms with Crippen molar-refractivity contribution < 1.29 is 13.9 Å². The zero-order valence-corrected chi connectivity index (χ0v) is 15.3. The van der Waals surface area contributed by atoms with Gasteiger partial charge in [-0.1, -0.05) is 6.92 Å². The largest absolute Gasteiger partial charge is 0.448 e. The Kier molecular flexibility index (Phi) is 4.78. The number of rotatable bonds is 4. The van der Waals surface area contributed by atoms with E-state index in [1.54, 1.807) is 0 Å². The molecule has 2 fully saturated rings. The smallest absolute Gasteiger partial charge is 0.276 e. The molecule has 2 bridgehead atoms. The summed E-state index contributed by atoms with van der Waals surface area (Å²) in [5, 5.41) is 0. The molecule has 0 unspecified atom stereocenters. The maximum Gasteiger partial charge on any atom is 0.276 e. The predicted octanol–water partition coefficient (Wildman–Crippen LogP) is 0.943. The Bertz CT molecular complexity index is 770. The molecule has 1 amide bonds. The molecule has 2 aromatic rings. The number of aromatic nitrogens is 3. The number of hydrogen-bond donors (Lipinski definition) is 0. The maximum absolute atomic E-state index is 13.0. The second kappa shape index (κ2) is 7.20. The Morgan fingerprint density at radius 2 is 2.15 bits per heavy atom. The fourth-order valence-electron chi connectivity index (χ4n) is 3.86. The zero-order chi connectivity index (χ0) is 18.1. The Morgan fingerprint density at radius 3 is 2.92 bits per heavy atom. The van der Waals surface area contributed by atoms with Gasteiger partial charge in [-0.2, -0.15) is 0 Å². The highest BCUT2D eigenvalue weighted by atomic mass is 16.5. The highest BCUT2D eigenvalue weighted by Gasteiger charge is 2.36. The summed E-state index contributed by atoms with van der Waals surface area (Å²) in [6.45, 7) is 6.26. The van der Waals surface area contributed by atoms with E-state index in [2.05, 4.69) is 14.9 Å². The number of fused-ring (bicyclic) bond motifs is 3. The Balaban J connectivity index is 1.54. The third-order valence-corrected chi connectivity index (χ3v) is 5.30. The van der Waals surface area contributed by atoms with Gasteiger partial charge in [0.15, 0.2) is 12.1 Å². The number of imidazole rings is 1. The molecule has 0 aliphatic carbocycles. The summed E-state index contributed by atoms with van der Waals surface area (Å²) in [4.78, 5) is 26.0. The van der Waals surface area contributed by atoms with Crippen LogP contribution in [0.15, 0.2) is 23.2 Å². The van der Waals surface area contributed by atoms with Crippen LogP contribution in [0.1, 0.15) is 29.0 Å². The predicted molar refractivity (Wildman–Crippen MR) is 93.5 cm³/mol. The molecule has 2 aliphatic heterocycles. The first-order chi connectivity index (χ1) is 12.7. The third-order valence-electron chi connectivity index (χ3n) is 5.30. The number of oxazole rings is 1. The summed E-state index contributed by atoms with van der Waals surface area (Å²) in [7, 11) is 2.01. The van der Waals surface area contributed by atoms with Crippen molar-refractivity contribution in [3.8, 4) is 0 Å². The van der Waals surface area contributed by atoms with Gasteiger partial charge >= 0.3 is 0 Å². The Morgan fingerprint density at radius 1 is 1.27 bits per heavy atom. The molecule has 2 atom stereocenters. The van der Waals surface area contributed by atoms with E-state index >= 15 is 0 Å². The first-order valence-electron chi connectivity index (χ1n) is 9.15. The molecule has 26 heavy (non-hydrogen) atoms. The molecule has 0 saturated carbocycles. The number of nitrogens with zero attached hydrogens (tertiary/aromatic N) is 5. The molecule has 4 heterocycles. The van der Waals surface area contributed by atoms with E-state index in [0.717, 1.165) is 18.9 Å². The minimum absolute atomic E-state index is 0.0358. The number of ether oxygens (including phenoxy) is 1. The van der Waals surface area contributed by atoms with Crippen molar-refractivity contribution in [1.82, 2.24) is 24.3 Å². The van der Waals surface area contributed by atoms with Crippen molar-refractivity contribution >= 4 is 5.91 Å². The van der Waals surface area contributed by atoms with E-state index < -0.39 is 0 Å². The summed E-state index contributed by atoms with van der Waals surface area (Å²) >= 11 is 0. The van der Waals surface area contributed by atoms with Crippen LogP contribution in [0, 0.1) is 5.92 Å². The Labute approximate surface area is 152 Å². The van der Waals surface area contributed by atoms with Crippen molar-refractivity contribution in [3.05, 3.63) is 36.1 Å². The van der Waals surface area contributed by atoms with Gasteiger partial charge in [-0.25, -0.2) is 9.97 Å². The lowest BCUT2D eigenvalue weighted by atomic mass is 10.1. The topological polar surface area (TPSA) is 76.6 Å². The van der Waals surface area contributed by atoms with Crippen molar-refractivity contribution in [1.29, 1.82) is 0 Å². The van der Waals surface area contributed by atoms with Crippen LogP contribution in [0.3, 0.4) is 0 Å². The minimum atomic E-state index is -0.0358. The average Bonchev–Trinajstić information content (AvgIpc) is 3.15. The second-order valence-electron chi connectivity index (χ2n) is 7.13. The van der Waals surface area contributed by atoms with Gasteiger partial charge in [0.05, 0.1) is 25.8 Å². The average molecular weight is 359 g/mol. The number of hydrogen-bond acceptors (Lipinski definition) is 6. The molecule has 2 aromatic heterocycles. The molecule has 0 N–H and O–H groups in total. The van der Waals surface area contributed by atoms with Crippen LogP contribution in [0.5, 0.6) is 0 Å². The zero-order valence-electron chi connectivity index (χ0n) is 15.3. The molecule has 140 valence electrons. The lowest BCUT2D eigenvalue weighted by Crippen LogP contribution is -2.46. The first kappa shape index (κ1) is 17.2. The van der Waals surface area contributed by atoms with Crippen molar-refractivity contribution in [2.45, 2.75) is 25.9 Å². The van der Waals surface area contributed by atoms with Crippen LogP contribution >= 0.6 is 0 Å². The summed E-state index contributed by atoms with van der Waals surface area (Å²) in [5.41, 5.74) is 0.448. The van der Waals surface area contributed by atoms with Crippen LogP contribution < -0.4 is 0 Å². The summed E-state index contributed by atoms with van der Waals surface area (Å²) in [6.07, 6.45) is 5.81. The van der Waals surface area contributed by atoms with E-state index in [1.807, 2.05) is 35.8 Å². The SMILES string of the molecule is CCc1ocnc1C(=O)N1C[C@@H]2COC[C@H](C1)N(Cc1nccn1C)C2. The highest BCUT2D eigenvalue weighted by Crippen LogP contribution is 2.23. The van der Waals surface area contributed by atoms with Gasteiger partial charge in [0.2, 0.25) is 0 Å². The number of aryl methyl sites for hydroxylation is 2. The second-order valence-corrected chi connectivity index (χ2v) is 7.13. The van der Waals surface area contributed by atoms with Gasteiger partial charge in [-0.15, -0.1) is 0 Å². The lowest BCUT2D eigenvalue weighted by molar-refractivity contribution is 0.0399. The monoisotopic (exact) mass is 359 g/mol. The van der Waals surface area contributed by atoms with Gasteiger partial charge in [0.1, 0.15) is 11.6 Å². The fourth-order valence-corrected chi connectivity index (χ4v) is 3.86. The molecule has 8 heteroatoms. The van der Waals surface area contributed by atoms with E-state index in [1.165, 1.54) is 6.39 Å². The first-order valence-corrected chi connectivity index (χ1v) is 9.15. The molecule has 4 rings (SSSR count). The summed E-state index contributed by atoms with van der Waals surface area (Å²) in [6, 6.07) is 0.153. The number of carbonyl (C=O) groups is 1. The molecule has 8 nitrogen and oxygen atoms in total. The van der Waals surface area contributed by atoms with Crippen LogP contribution in [-0.2, 0) is 24.8 Å². The molecular weight excluding hydrogens is 334 g/mol. The molecule has 2 saturated heterocycles. The standard InChI is InChI=1S/C18H25N5O3/c1-3-15-17(20-12-26-15)18(24)23-7-13-6-22(14(8-23)11-25-10-13)9-16-19-4-5-21(16)2/h4-5,12-14H,3,6-11H2,1-2H3/t13-,14+/m1/s1. The quantitative estimate of drug-likeness (QED) is 0.809. The number of amides is 1. The third kappa shape index (κ3) is 3.26. The van der Waals surface area contributed by atoms with Crippen molar-refractivity contribution in [2.24, 2.45) is 13.0 Å². The molecule has 0 aromatic carbocycles. The van der Waals surface area contributed by atoms with Gasteiger partial charge in [0.25, 0.3) is 5.91 Å². The van der Waals surface area contributed by atoms with Gasteiger partial charge < -0.3 is 18.6 Å². The molecule has 2 aliphatic rings. The van der Waals surface area contributed by atoms with Gasteiger partial charge in [-0.3, -0.25) is 9.69 Å². The van der Waals surface area contributed by atoms with Crippen LogP contribution in [0.25, 0.3) is 0 Å². The van der Waals surface area contributed by atoms with E-state index in [4.69, 9.17) is 9.15 Å². The summed E-state index contributed by atoms with van der Waals surface area (Å²) < 4.78 is 13.3. The summed E-state index contributed by atoms with van der Waals surface area (Å²) in [5.74, 6) is 1.93. The lowest BCUT2D eigenvalue weighted by Gasteiger charge is -2.30. The van der Waals surface area contributed by atoms with Crippen LogP contribution in [0.4, 0.5) is 0 Å². The normalized spacial score (nSPS) is 23.8.